The van der Waals surface area contributed by atoms with E-state index in [1.54, 1.807) is 6.20 Å². The van der Waals surface area contributed by atoms with Crippen LogP contribution in [0.2, 0.25) is 0 Å². The zero-order valence-corrected chi connectivity index (χ0v) is 14.8. The second kappa shape index (κ2) is 8.52. The predicted molar refractivity (Wildman–Crippen MR) is 97.4 cm³/mol. The number of H-pyrrole nitrogens is 1. The van der Waals surface area contributed by atoms with Gasteiger partial charge in [-0.1, -0.05) is 6.92 Å². The highest BCUT2D eigenvalue weighted by Gasteiger charge is 2.27. The van der Waals surface area contributed by atoms with Crippen molar-refractivity contribution in [1.29, 1.82) is 0 Å². The highest BCUT2D eigenvalue weighted by molar-refractivity contribution is 5.85. The van der Waals surface area contributed by atoms with E-state index in [0.717, 1.165) is 31.6 Å². The maximum Gasteiger partial charge on any atom is 0.226 e. The molecule has 23 heavy (non-hydrogen) atoms. The van der Waals surface area contributed by atoms with E-state index < -0.39 is 0 Å². The molecule has 3 rings (SSSR count). The molecule has 1 saturated heterocycles. The summed E-state index contributed by atoms with van der Waals surface area (Å²) in [7, 11) is 0. The Labute approximate surface area is 148 Å². The van der Waals surface area contributed by atoms with Crippen LogP contribution in [0.1, 0.15) is 31.2 Å². The minimum absolute atomic E-state index is 0. The quantitative estimate of drug-likeness (QED) is 0.885. The number of fused-ring (bicyclic) bond motifs is 1. The van der Waals surface area contributed by atoms with E-state index in [0.29, 0.717) is 12.5 Å². The van der Waals surface area contributed by atoms with Gasteiger partial charge in [-0.3, -0.25) is 4.79 Å². The summed E-state index contributed by atoms with van der Waals surface area (Å²) < 4.78 is 0. The third-order valence-electron chi connectivity index (χ3n) is 4.50. The number of aromatic amines is 1. The Morgan fingerprint density at radius 2 is 2.13 bits per heavy atom. The maximum absolute atomic E-state index is 12.2. The Bertz CT molecular complexity index is 638. The third kappa shape index (κ3) is 3.97. The summed E-state index contributed by atoms with van der Waals surface area (Å²) >= 11 is 0. The lowest BCUT2D eigenvalue weighted by Crippen LogP contribution is -2.42. The van der Waals surface area contributed by atoms with Gasteiger partial charge in [-0.15, -0.1) is 24.8 Å². The lowest BCUT2D eigenvalue weighted by atomic mass is 9.89. The zero-order valence-electron chi connectivity index (χ0n) is 13.2. The van der Waals surface area contributed by atoms with Crippen molar-refractivity contribution < 1.29 is 4.79 Å². The molecule has 1 aliphatic rings. The first kappa shape index (κ1) is 19.7. The van der Waals surface area contributed by atoms with Gasteiger partial charge in [0.25, 0.3) is 0 Å². The first-order chi connectivity index (χ1) is 10.2. The number of hydrogen-bond acceptors (Lipinski definition) is 3. The topological polar surface area (TPSA) is 75.0 Å². The standard InChI is InChI=1S/C16H22N4O.2ClH/c1-11(9-17)16(21)20-7-4-12(5-8-20)14-10-19-15-13(14)3-2-6-18-15;;/h2-3,6,10-12H,4-5,7-9,17H2,1H3,(H,18,19);2*1H. The van der Waals surface area contributed by atoms with Gasteiger partial charge < -0.3 is 15.6 Å². The number of nitrogens with two attached hydrogens (primary N) is 1. The minimum Gasteiger partial charge on any atom is -0.346 e. The van der Waals surface area contributed by atoms with E-state index in [4.69, 9.17) is 5.73 Å². The summed E-state index contributed by atoms with van der Waals surface area (Å²) in [6.07, 6.45) is 5.89. The number of hydrogen-bond donors (Lipinski definition) is 2. The van der Waals surface area contributed by atoms with Crippen molar-refractivity contribution in [2.75, 3.05) is 19.6 Å². The summed E-state index contributed by atoms with van der Waals surface area (Å²) in [6.45, 7) is 3.97. The first-order valence-electron chi connectivity index (χ1n) is 7.61. The second-order valence-corrected chi connectivity index (χ2v) is 5.88. The van der Waals surface area contributed by atoms with Crippen LogP contribution < -0.4 is 5.73 Å². The number of likely N-dealkylation sites (tertiary alicyclic amines) is 1. The molecule has 2 aromatic heterocycles. The number of pyridine rings is 1. The molecule has 0 spiro atoms. The van der Waals surface area contributed by atoms with Crippen molar-refractivity contribution in [2.24, 2.45) is 11.7 Å². The third-order valence-corrected chi connectivity index (χ3v) is 4.50. The van der Waals surface area contributed by atoms with E-state index in [9.17, 15) is 4.79 Å². The molecule has 0 saturated carbocycles. The number of nitrogens with zero attached hydrogens (tertiary/aromatic N) is 2. The smallest absolute Gasteiger partial charge is 0.226 e. The highest BCUT2D eigenvalue weighted by atomic mass is 35.5. The Kier molecular flexibility index (Phi) is 7.32. The lowest BCUT2D eigenvalue weighted by Gasteiger charge is -2.33. The highest BCUT2D eigenvalue weighted by Crippen LogP contribution is 2.32. The van der Waals surface area contributed by atoms with E-state index in [-0.39, 0.29) is 36.6 Å². The Morgan fingerprint density at radius 3 is 2.78 bits per heavy atom. The molecule has 3 N–H and O–H groups in total. The van der Waals surface area contributed by atoms with Gasteiger partial charge in [0.2, 0.25) is 5.91 Å². The minimum atomic E-state index is -0.0705. The molecule has 2 aromatic rings. The van der Waals surface area contributed by atoms with Crippen LogP contribution in [0.5, 0.6) is 0 Å². The summed E-state index contributed by atoms with van der Waals surface area (Å²) in [4.78, 5) is 21.7. The Morgan fingerprint density at radius 1 is 1.43 bits per heavy atom. The molecule has 0 radical (unpaired) electrons. The fraction of sp³-hybridized carbons (Fsp3) is 0.500. The number of nitrogens with one attached hydrogen (secondary N) is 1. The lowest BCUT2D eigenvalue weighted by molar-refractivity contribution is -0.135. The molecule has 0 bridgehead atoms. The molecule has 128 valence electrons. The van der Waals surface area contributed by atoms with Gasteiger partial charge in [0, 0.05) is 43.3 Å². The average Bonchev–Trinajstić information content (AvgIpc) is 2.97. The molecule has 0 aliphatic carbocycles. The molecular weight excluding hydrogens is 335 g/mol. The van der Waals surface area contributed by atoms with Gasteiger partial charge >= 0.3 is 0 Å². The van der Waals surface area contributed by atoms with Crippen molar-refractivity contribution in [3.63, 3.8) is 0 Å². The van der Waals surface area contributed by atoms with Gasteiger partial charge in [0.05, 0.1) is 0 Å². The van der Waals surface area contributed by atoms with Crippen molar-refractivity contribution in [1.82, 2.24) is 14.9 Å². The van der Waals surface area contributed by atoms with Crippen molar-refractivity contribution in [3.8, 4) is 0 Å². The predicted octanol–water partition coefficient (Wildman–Crippen LogP) is 2.71. The van der Waals surface area contributed by atoms with E-state index in [1.807, 2.05) is 17.9 Å². The Hall–Kier alpha value is -1.30. The summed E-state index contributed by atoms with van der Waals surface area (Å²) in [5.41, 5.74) is 7.87. The molecule has 1 unspecified atom stereocenters. The summed E-state index contributed by atoms with van der Waals surface area (Å²) in [6, 6.07) is 4.09. The summed E-state index contributed by atoms with van der Waals surface area (Å²) in [5, 5.41) is 1.21. The van der Waals surface area contributed by atoms with Gasteiger partial charge in [0.15, 0.2) is 0 Å². The fourth-order valence-electron chi connectivity index (χ4n) is 3.14. The number of rotatable bonds is 3. The number of carbonyl (C=O) groups is 1. The zero-order chi connectivity index (χ0) is 14.8. The van der Waals surface area contributed by atoms with Crippen LogP contribution in [0.15, 0.2) is 24.5 Å². The van der Waals surface area contributed by atoms with Crippen molar-refractivity contribution in [3.05, 3.63) is 30.1 Å². The van der Waals surface area contributed by atoms with Crippen LogP contribution in [0.4, 0.5) is 0 Å². The van der Waals surface area contributed by atoms with Crippen LogP contribution >= 0.6 is 24.8 Å². The number of piperidine rings is 1. The van der Waals surface area contributed by atoms with Gasteiger partial charge in [0.1, 0.15) is 5.65 Å². The molecule has 7 heteroatoms. The van der Waals surface area contributed by atoms with Gasteiger partial charge in [-0.2, -0.15) is 0 Å². The van der Waals surface area contributed by atoms with E-state index >= 15 is 0 Å². The van der Waals surface area contributed by atoms with Crippen LogP contribution in [0.3, 0.4) is 0 Å². The number of carbonyl (C=O) groups excluding carboxylic acids is 1. The van der Waals surface area contributed by atoms with Crippen LogP contribution in [0.25, 0.3) is 11.0 Å². The first-order valence-corrected chi connectivity index (χ1v) is 7.61. The van der Waals surface area contributed by atoms with Crippen molar-refractivity contribution >= 4 is 41.8 Å². The molecular formula is C16H24Cl2N4O. The number of aromatic nitrogens is 2. The average molecular weight is 359 g/mol. The van der Waals surface area contributed by atoms with E-state index in [1.165, 1.54) is 10.9 Å². The molecule has 1 fully saturated rings. The van der Waals surface area contributed by atoms with Crippen LogP contribution in [-0.2, 0) is 4.79 Å². The number of amides is 1. The molecule has 3 heterocycles. The Balaban J connectivity index is 0.00000132. The molecule has 1 aliphatic heterocycles. The largest absolute Gasteiger partial charge is 0.346 e. The monoisotopic (exact) mass is 358 g/mol. The van der Waals surface area contributed by atoms with Gasteiger partial charge in [-0.25, -0.2) is 4.98 Å². The van der Waals surface area contributed by atoms with Crippen molar-refractivity contribution in [2.45, 2.75) is 25.7 Å². The van der Waals surface area contributed by atoms with E-state index in [2.05, 4.69) is 22.2 Å². The van der Waals surface area contributed by atoms with Gasteiger partial charge in [-0.05, 0) is 36.5 Å². The maximum atomic E-state index is 12.2. The fourth-order valence-corrected chi connectivity index (χ4v) is 3.14. The second-order valence-electron chi connectivity index (χ2n) is 5.88. The van der Waals surface area contributed by atoms with Crippen LogP contribution in [0, 0.1) is 5.92 Å². The molecule has 0 aromatic carbocycles. The molecule has 1 atom stereocenters. The normalized spacial score (nSPS) is 16.5. The summed E-state index contributed by atoms with van der Waals surface area (Å²) in [5.74, 6) is 0.621. The number of halogens is 2. The van der Waals surface area contributed by atoms with Crippen LogP contribution in [-0.4, -0.2) is 40.4 Å². The molecule has 5 nitrogen and oxygen atoms in total. The molecule has 1 amide bonds. The SMILES string of the molecule is CC(CN)C(=O)N1CCC(c2c[nH]c3ncccc23)CC1.Cl.Cl.